The first kappa shape index (κ1) is 9.18. The molecule has 1 aromatic heterocycles. The number of rotatable bonds is 2. The molecule has 1 aliphatic rings. The van der Waals surface area contributed by atoms with E-state index in [-0.39, 0.29) is 18.0 Å². The van der Waals surface area contributed by atoms with Crippen LogP contribution in [0.3, 0.4) is 0 Å². The van der Waals surface area contributed by atoms with Gasteiger partial charge in [-0.05, 0) is 33.8 Å². The summed E-state index contributed by atoms with van der Waals surface area (Å²) in [7, 11) is 0. The highest BCUT2D eigenvalue weighted by Gasteiger charge is 2.35. The van der Waals surface area contributed by atoms with Crippen LogP contribution in [0, 0.1) is 0 Å². The average molecular weight is 261 g/mol. The molecule has 0 aromatic carbocycles. The minimum Gasteiger partial charge on any atom is -0.347 e. The molecule has 2 unspecified atom stereocenters. The Kier molecular flexibility index (Phi) is 2.40. The van der Waals surface area contributed by atoms with Crippen molar-refractivity contribution in [1.82, 2.24) is 5.32 Å². The first-order valence-corrected chi connectivity index (χ1v) is 5.65. The van der Waals surface area contributed by atoms with Gasteiger partial charge in [0.15, 0.2) is 0 Å². The fourth-order valence-corrected chi connectivity index (χ4v) is 2.52. The summed E-state index contributed by atoms with van der Waals surface area (Å²) in [5.74, 6) is -0.0279. The summed E-state index contributed by atoms with van der Waals surface area (Å²) in [6.07, 6.45) is 0.898. The van der Waals surface area contributed by atoms with E-state index in [0.717, 1.165) is 15.8 Å². The van der Waals surface area contributed by atoms with Gasteiger partial charge in [-0.1, -0.05) is 0 Å². The molecule has 2 atom stereocenters. The van der Waals surface area contributed by atoms with Gasteiger partial charge in [-0.25, -0.2) is 0 Å². The van der Waals surface area contributed by atoms with Crippen LogP contribution in [-0.2, 0) is 0 Å². The second-order valence-corrected chi connectivity index (χ2v) is 4.85. The zero-order chi connectivity index (χ0) is 9.42. The van der Waals surface area contributed by atoms with Crippen molar-refractivity contribution in [2.75, 3.05) is 0 Å². The summed E-state index contributed by atoms with van der Waals surface area (Å²) in [5, 5.41) is 4.74. The summed E-state index contributed by atoms with van der Waals surface area (Å²) in [6.45, 7) is 0. The van der Waals surface area contributed by atoms with Gasteiger partial charge in [0.1, 0.15) is 4.88 Å². The van der Waals surface area contributed by atoms with E-state index in [4.69, 9.17) is 5.73 Å². The number of halogens is 1. The normalized spacial score (nSPS) is 25.7. The quantitative estimate of drug-likeness (QED) is 0.844. The summed E-state index contributed by atoms with van der Waals surface area (Å²) in [5.41, 5.74) is 5.58. The van der Waals surface area contributed by atoms with E-state index in [0.29, 0.717) is 0 Å². The number of hydrogen-bond acceptors (Lipinski definition) is 3. The maximum atomic E-state index is 11.5. The molecule has 1 saturated carbocycles. The zero-order valence-corrected chi connectivity index (χ0v) is 9.19. The van der Waals surface area contributed by atoms with Crippen LogP contribution in [-0.4, -0.2) is 18.0 Å². The Morgan fingerprint density at radius 3 is 2.92 bits per heavy atom. The van der Waals surface area contributed by atoms with Gasteiger partial charge in [-0.3, -0.25) is 4.79 Å². The minimum atomic E-state index is -0.0279. The van der Waals surface area contributed by atoms with E-state index < -0.39 is 0 Å². The molecule has 13 heavy (non-hydrogen) atoms. The topological polar surface area (TPSA) is 55.1 Å². The van der Waals surface area contributed by atoms with Gasteiger partial charge in [0, 0.05) is 16.6 Å². The predicted octanol–water partition coefficient (Wildman–Crippen LogP) is 1.34. The highest BCUT2D eigenvalue weighted by atomic mass is 79.9. The number of carbonyl (C=O) groups is 1. The molecule has 1 fully saturated rings. The van der Waals surface area contributed by atoms with Gasteiger partial charge in [0.2, 0.25) is 0 Å². The monoisotopic (exact) mass is 260 g/mol. The van der Waals surface area contributed by atoms with Crippen molar-refractivity contribution in [2.24, 2.45) is 5.73 Å². The highest BCUT2D eigenvalue weighted by molar-refractivity contribution is 9.10. The molecule has 1 heterocycles. The molecule has 1 aromatic rings. The molecule has 5 heteroatoms. The van der Waals surface area contributed by atoms with Gasteiger partial charge in [-0.15, -0.1) is 11.3 Å². The van der Waals surface area contributed by atoms with Crippen LogP contribution in [0.1, 0.15) is 16.1 Å². The van der Waals surface area contributed by atoms with Gasteiger partial charge in [0.05, 0.1) is 0 Å². The van der Waals surface area contributed by atoms with Crippen LogP contribution in [0.5, 0.6) is 0 Å². The van der Waals surface area contributed by atoms with E-state index >= 15 is 0 Å². The predicted molar refractivity (Wildman–Crippen MR) is 55.9 cm³/mol. The molecular weight excluding hydrogens is 252 g/mol. The average Bonchev–Trinajstić information content (AvgIpc) is 2.62. The maximum absolute atomic E-state index is 11.5. The second-order valence-electron chi connectivity index (χ2n) is 3.08. The minimum absolute atomic E-state index is 0.0279. The Balaban J connectivity index is 2.01. The Bertz CT molecular complexity index is 339. The van der Waals surface area contributed by atoms with Gasteiger partial charge in [-0.2, -0.15) is 0 Å². The van der Waals surface area contributed by atoms with Crippen LogP contribution in [0.25, 0.3) is 0 Å². The summed E-state index contributed by atoms with van der Waals surface area (Å²) >= 11 is 4.74. The lowest BCUT2D eigenvalue weighted by Crippen LogP contribution is -2.29. The number of nitrogens with one attached hydrogen (secondary N) is 1. The van der Waals surface area contributed by atoms with Crippen molar-refractivity contribution >= 4 is 33.2 Å². The Morgan fingerprint density at radius 2 is 2.46 bits per heavy atom. The lowest BCUT2D eigenvalue weighted by Gasteiger charge is -2.00. The molecule has 70 valence electrons. The van der Waals surface area contributed by atoms with E-state index in [1.807, 2.05) is 11.4 Å². The molecule has 0 radical (unpaired) electrons. The van der Waals surface area contributed by atoms with Crippen molar-refractivity contribution in [3.8, 4) is 0 Å². The van der Waals surface area contributed by atoms with Gasteiger partial charge < -0.3 is 11.1 Å². The van der Waals surface area contributed by atoms with Gasteiger partial charge in [0.25, 0.3) is 5.91 Å². The number of amides is 1. The molecule has 1 aliphatic carbocycles. The van der Waals surface area contributed by atoms with E-state index in [1.165, 1.54) is 11.3 Å². The molecule has 1 amide bonds. The molecule has 3 nitrogen and oxygen atoms in total. The Morgan fingerprint density at radius 1 is 1.77 bits per heavy atom. The molecular formula is C8H9BrN2OS. The fraction of sp³-hybridized carbons (Fsp3) is 0.375. The first-order chi connectivity index (χ1) is 6.18. The first-order valence-electron chi connectivity index (χ1n) is 3.98. The molecule has 3 N–H and O–H groups in total. The molecule has 0 bridgehead atoms. The van der Waals surface area contributed by atoms with Crippen LogP contribution in [0.4, 0.5) is 0 Å². The van der Waals surface area contributed by atoms with E-state index in [9.17, 15) is 4.79 Å². The van der Waals surface area contributed by atoms with Crippen molar-refractivity contribution < 1.29 is 4.79 Å². The molecule has 0 spiro atoms. The third kappa shape index (κ3) is 1.92. The standard InChI is InChI=1S/C8H9BrN2OS/c9-4-1-2-13-7(4)8(12)11-6-3-5(6)10/h1-2,5-6H,3,10H2,(H,11,12). The largest absolute Gasteiger partial charge is 0.347 e. The van der Waals surface area contributed by atoms with Crippen molar-refractivity contribution in [1.29, 1.82) is 0 Å². The number of nitrogens with two attached hydrogens (primary N) is 1. The van der Waals surface area contributed by atoms with Crippen LogP contribution >= 0.6 is 27.3 Å². The van der Waals surface area contributed by atoms with Gasteiger partial charge >= 0.3 is 0 Å². The maximum Gasteiger partial charge on any atom is 0.262 e. The third-order valence-electron chi connectivity index (χ3n) is 1.98. The molecule has 0 saturated heterocycles. The summed E-state index contributed by atoms with van der Waals surface area (Å²) < 4.78 is 0.851. The Labute approximate surface area is 88.4 Å². The summed E-state index contributed by atoms with van der Waals surface area (Å²) in [6, 6.07) is 2.20. The highest BCUT2D eigenvalue weighted by Crippen LogP contribution is 2.24. The fourth-order valence-electron chi connectivity index (χ4n) is 1.07. The van der Waals surface area contributed by atoms with Crippen LogP contribution < -0.4 is 11.1 Å². The van der Waals surface area contributed by atoms with E-state index in [2.05, 4.69) is 21.2 Å². The summed E-state index contributed by atoms with van der Waals surface area (Å²) in [4.78, 5) is 12.3. The smallest absolute Gasteiger partial charge is 0.262 e. The lowest BCUT2D eigenvalue weighted by molar-refractivity contribution is 0.0953. The van der Waals surface area contributed by atoms with Crippen molar-refractivity contribution in [3.05, 3.63) is 20.8 Å². The Hall–Kier alpha value is -0.390. The SMILES string of the molecule is NC1CC1NC(=O)c1sccc1Br. The van der Waals surface area contributed by atoms with Crippen molar-refractivity contribution in [2.45, 2.75) is 18.5 Å². The number of carbonyl (C=O) groups excluding carboxylic acids is 1. The lowest BCUT2D eigenvalue weighted by atomic mass is 10.4. The molecule has 0 aliphatic heterocycles. The van der Waals surface area contributed by atoms with Crippen LogP contribution in [0.2, 0.25) is 0 Å². The molecule has 2 rings (SSSR count). The van der Waals surface area contributed by atoms with E-state index in [1.54, 1.807) is 0 Å². The van der Waals surface area contributed by atoms with Crippen molar-refractivity contribution in [3.63, 3.8) is 0 Å². The number of thiophene rings is 1. The number of hydrogen-bond donors (Lipinski definition) is 2. The third-order valence-corrected chi connectivity index (χ3v) is 3.82. The second kappa shape index (κ2) is 3.40. The zero-order valence-electron chi connectivity index (χ0n) is 6.79. The van der Waals surface area contributed by atoms with Crippen LogP contribution in [0.15, 0.2) is 15.9 Å².